The van der Waals surface area contributed by atoms with Crippen LogP contribution in [0.15, 0.2) is 41.6 Å². The van der Waals surface area contributed by atoms with E-state index < -0.39 is 0 Å². The molecule has 0 aliphatic heterocycles. The number of halogens is 1. The maximum absolute atomic E-state index is 8.73. The van der Waals surface area contributed by atoms with Crippen LogP contribution < -0.4 is 4.74 Å². The van der Waals surface area contributed by atoms with Crippen LogP contribution >= 0.6 is 11.6 Å². The number of hydrogen-bond acceptors (Lipinski definition) is 4. The summed E-state index contributed by atoms with van der Waals surface area (Å²) in [5, 5.41) is 14.3. The zero-order valence-electron chi connectivity index (χ0n) is 15.5. The summed E-state index contributed by atoms with van der Waals surface area (Å²) in [5.41, 5.74) is 5.66. The quantitative estimate of drug-likeness (QED) is 0.345. The molecule has 5 nitrogen and oxygen atoms in total. The lowest BCUT2D eigenvalue weighted by atomic mass is 9.96. The first-order valence-corrected chi connectivity index (χ1v) is 9.18. The molecule has 2 N–H and O–H groups in total. The minimum Gasteiger partial charge on any atom is -0.496 e. The Labute approximate surface area is 163 Å². The van der Waals surface area contributed by atoms with E-state index in [0.29, 0.717) is 13.0 Å². The topological polar surface area (TPSA) is 66.8 Å². The highest BCUT2D eigenvalue weighted by molar-refractivity contribution is 6.30. The van der Waals surface area contributed by atoms with Gasteiger partial charge in [0.1, 0.15) is 12.4 Å². The van der Waals surface area contributed by atoms with Crippen molar-refractivity contribution in [2.45, 2.75) is 19.8 Å². The van der Waals surface area contributed by atoms with Crippen LogP contribution in [0.25, 0.3) is 10.9 Å². The van der Waals surface area contributed by atoms with Gasteiger partial charge in [0.2, 0.25) is 0 Å². The first-order chi connectivity index (χ1) is 13.1. The first-order valence-electron chi connectivity index (χ1n) is 8.80. The van der Waals surface area contributed by atoms with Gasteiger partial charge in [-0.1, -0.05) is 28.9 Å². The number of fused-ring (bicyclic) bond motifs is 1. The summed E-state index contributed by atoms with van der Waals surface area (Å²) < 4.78 is 5.65. The molecule has 6 heteroatoms. The van der Waals surface area contributed by atoms with Crippen molar-refractivity contribution < 1.29 is 14.7 Å². The molecule has 0 unspecified atom stereocenters. The van der Waals surface area contributed by atoms with Crippen LogP contribution in [0.2, 0.25) is 5.02 Å². The number of oxime groups is 1. The minimum atomic E-state index is -0.130. The molecule has 0 bridgehead atoms. The Morgan fingerprint density at radius 2 is 1.93 bits per heavy atom. The Balaban J connectivity index is 1.98. The SMILES string of the molecule is COc1ccc2[nH]c(C)c(CCON=CCO)c2c1Cc1ccc(Cl)cc1. The van der Waals surface area contributed by atoms with Gasteiger partial charge in [-0.05, 0) is 42.3 Å². The second kappa shape index (κ2) is 8.93. The number of aliphatic hydroxyl groups excluding tert-OH is 1. The number of rotatable bonds is 8. The largest absolute Gasteiger partial charge is 0.496 e. The van der Waals surface area contributed by atoms with Gasteiger partial charge in [0.05, 0.1) is 19.9 Å². The predicted molar refractivity (Wildman–Crippen MR) is 109 cm³/mol. The molecule has 3 aromatic rings. The maximum atomic E-state index is 8.73. The number of aromatic nitrogens is 1. The number of nitrogens with zero attached hydrogens (tertiary/aromatic N) is 1. The summed E-state index contributed by atoms with van der Waals surface area (Å²) in [7, 11) is 1.69. The van der Waals surface area contributed by atoms with E-state index in [9.17, 15) is 0 Å². The van der Waals surface area contributed by atoms with Crippen LogP contribution in [0.1, 0.15) is 22.4 Å². The number of nitrogens with one attached hydrogen (secondary N) is 1. The van der Waals surface area contributed by atoms with Crippen LogP contribution in [0.3, 0.4) is 0 Å². The number of aryl methyl sites for hydroxylation is 1. The third-order valence-electron chi connectivity index (χ3n) is 4.53. The molecule has 0 amide bonds. The monoisotopic (exact) mass is 386 g/mol. The summed E-state index contributed by atoms with van der Waals surface area (Å²) in [6.07, 6.45) is 2.78. The molecular weight excluding hydrogens is 364 g/mol. The van der Waals surface area contributed by atoms with Crippen LogP contribution in [0, 0.1) is 6.92 Å². The fourth-order valence-electron chi connectivity index (χ4n) is 3.31. The Bertz CT molecular complexity index is 933. The number of aliphatic hydroxyl groups is 1. The van der Waals surface area contributed by atoms with Crippen molar-refractivity contribution in [1.29, 1.82) is 0 Å². The van der Waals surface area contributed by atoms with Gasteiger partial charge in [-0.3, -0.25) is 0 Å². The number of aromatic amines is 1. The van der Waals surface area contributed by atoms with E-state index in [0.717, 1.165) is 39.4 Å². The molecule has 3 rings (SSSR count). The lowest BCUT2D eigenvalue weighted by Gasteiger charge is -2.12. The molecule has 0 saturated carbocycles. The van der Waals surface area contributed by atoms with Crippen molar-refractivity contribution in [2.24, 2.45) is 5.16 Å². The summed E-state index contributed by atoms with van der Waals surface area (Å²) in [4.78, 5) is 8.68. The van der Waals surface area contributed by atoms with Gasteiger partial charge in [-0.25, -0.2) is 0 Å². The van der Waals surface area contributed by atoms with Gasteiger partial charge < -0.3 is 19.7 Å². The van der Waals surface area contributed by atoms with E-state index in [1.807, 2.05) is 36.4 Å². The fraction of sp³-hybridized carbons (Fsp3) is 0.286. The van der Waals surface area contributed by atoms with Crippen molar-refractivity contribution in [3.05, 3.63) is 63.8 Å². The predicted octanol–water partition coefficient (Wildman–Crippen LogP) is 4.27. The number of benzene rings is 2. The van der Waals surface area contributed by atoms with Crippen molar-refractivity contribution in [1.82, 2.24) is 4.98 Å². The molecular formula is C21H23ClN2O3. The lowest BCUT2D eigenvalue weighted by molar-refractivity contribution is 0.147. The molecule has 0 aliphatic carbocycles. The van der Waals surface area contributed by atoms with E-state index >= 15 is 0 Å². The zero-order chi connectivity index (χ0) is 19.2. The third kappa shape index (κ3) is 4.43. The molecule has 1 heterocycles. The van der Waals surface area contributed by atoms with Crippen LogP contribution in [0.5, 0.6) is 5.75 Å². The molecule has 0 fully saturated rings. The fourth-order valence-corrected chi connectivity index (χ4v) is 3.44. The molecule has 0 atom stereocenters. The van der Waals surface area contributed by atoms with E-state index in [4.69, 9.17) is 26.3 Å². The lowest BCUT2D eigenvalue weighted by Crippen LogP contribution is -2.00. The third-order valence-corrected chi connectivity index (χ3v) is 4.79. The standard InChI is InChI=1S/C21H23ClN2O3/c1-14-17(9-12-27-23-10-11-25)21-18(13-15-3-5-16(22)6-4-15)20(26-2)8-7-19(21)24-14/h3-8,10,24-25H,9,11-13H2,1-2H3. The Kier molecular flexibility index (Phi) is 6.37. The molecule has 0 aliphatic rings. The van der Waals surface area contributed by atoms with Crippen molar-refractivity contribution >= 4 is 28.7 Å². The van der Waals surface area contributed by atoms with Gasteiger partial charge in [0, 0.05) is 40.0 Å². The highest BCUT2D eigenvalue weighted by atomic mass is 35.5. The van der Waals surface area contributed by atoms with Crippen LogP contribution in [-0.4, -0.2) is 36.6 Å². The number of hydrogen-bond donors (Lipinski definition) is 2. The first kappa shape index (κ1) is 19.3. The summed E-state index contributed by atoms with van der Waals surface area (Å²) in [6, 6.07) is 11.9. The van der Waals surface area contributed by atoms with E-state index in [1.165, 1.54) is 17.3 Å². The average molecular weight is 387 g/mol. The second-order valence-electron chi connectivity index (χ2n) is 6.25. The van der Waals surface area contributed by atoms with Crippen LogP contribution in [0.4, 0.5) is 0 Å². The van der Waals surface area contributed by atoms with Gasteiger partial charge in [0.25, 0.3) is 0 Å². The molecule has 0 radical (unpaired) electrons. The molecule has 0 spiro atoms. The number of H-pyrrole nitrogens is 1. The molecule has 2 aromatic carbocycles. The maximum Gasteiger partial charge on any atom is 0.123 e. The summed E-state index contributed by atoms with van der Waals surface area (Å²) >= 11 is 6.02. The molecule has 0 saturated heterocycles. The van der Waals surface area contributed by atoms with Gasteiger partial charge in [-0.15, -0.1) is 0 Å². The smallest absolute Gasteiger partial charge is 0.123 e. The van der Waals surface area contributed by atoms with E-state index in [1.54, 1.807) is 7.11 Å². The number of methoxy groups -OCH3 is 1. The van der Waals surface area contributed by atoms with Crippen molar-refractivity contribution in [3.8, 4) is 5.75 Å². The molecule has 1 aromatic heterocycles. The Morgan fingerprint density at radius 3 is 2.63 bits per heavy atom. The normalized spacial score (nSPS) is 11.4. The van der Waals surface area contributed by atoms with Crippen molar-refractivity contribution in [2.75, 3.05) is 20.3 Å². The van der Waals surface area contributed by atoms with Gasteiger partial charge >= 0.3 is 0 Å². The van der Waals surface area contributed by atoms with E-state index in [2.05, 4.69) is 17.1 Å². The van der Waals surface area contributed by atoms with Crippen molar-refractivity contribution in [3.63, 3.8) is 0 Å². The van der Waals surface area contributed by atoms with Gasteiger partial charge in [-0.2, -0.15) is 0 Å². The molecule has 27 heavy (non-hydrogen) atoms. The summed E-state index contributed by atoms with van der Waals surface area (Å²) in [5.74, 6) is 0.858. The highest BCUT2D eigenvalue weighted by Crippen LogP contribution is 2.34. The zero-order valence-corrected chi connectivity index (χ0v) is 16.2. The summed E-state index contributed by atoms with van der Waals surface area (Å²) in [6.45, 7) is 2.36. The van der Waals surface area contributed by atoms with E-state index in [-0.39, 0.29) is 6.61 Å². The Morgan fingerprint density at radius 1 is 1.15 bits per heavy atom. The molecule has 142 valence electrons. The highest BCUT2D eigenvalue weighted by Gasteiger charge is 2.17. The number of ether oxygens (including phenoxy) is 1. The van der Waals surface area contributed by atoms with Crippen LogP contribution in [-0.2, 0) is 17.7 Å². The van der Waals surface area contributed by atoms with Gasteiger partial charge in [0.15, 0.2) is 0 Å². The average Bonchev–Trinajstić information content (AvgIpc) is 2.99. The second-order valence-corrected chi connectivity index (χ2v) is 6.69. The Hall–Kier alpha value is -2.50. The minimum absolute atomic E-state index is 0.130.